The molecule has 13 heteroatoms. The Morgan fingerprint density at radius 2 is 2.10 bits per heavy atom. The van der Waals surface area contributed by atoms with Crippen LogP contribution in [0.25, 0.3) is 16.0 Å². The molecule has 0 aromatic carbocycles. The van der Waals surface area contributed by atoms with Crippen molar-refractivity contribution in [3.8, 4) is 0 Å². The van der Waals surface area contributed by atoms with E-state index in [4.69, 9.17) is 19.6 Å². The monoisotopic (exact) mass is 426 g/mol. The molecule has 0 amide bonds. The van der Waals surface area contributed by atoms with Crippen LogP contribution >= 0.6 is 0 Å². The van der Waals surface area contributed by atoms with E-state index in [1.807, 2.05) is 13.0 Å². The molecule has 1 aliphatic carbocycles. The normalized spacial score (nSPS) is 19.1. The van der Waals surface area contributed by atoms with Gasteiger partial charge in [-0.15, -0.1) is 0 Å². The number of azide groups is 1. The van der Waals surface area contributed by atoms with Crippen LogP contribution in [0.4, 0.5) is 13.2 Å². The minimum Gasteiger partial charge on any atom is -0.396 e. The van der Waals surface area contributed by atoms with Crippen molar-refractivity contribution in [3.05, 3.63) is 57.6 Å². The van der Waals surface area contributed by atoms with Crippen LogP contribution in [0.1, 0.15) is 36.5 Å². The summed E-state index contributed by atoms with van der Waals surface area (Å²) in [4.78, 5) is 10.9. The number of allylic oxidation sites excluding steroid dienone is 2. The summed E-state index contributed by atoms with van der Waals surface area (Å²) in [5, 5.41) is 10.2. The molecule has 0 spiro atoms. The van der Waals surface area contributed by atoms with Crippen LogP contribution < -0.4 is 0 Å². The third kappa shape index (κ3) is 5.19. The molecule has 0 bridgehead atoms. The fourth-order valence-corrected chi connectivity index (χ4v) is 2.88. The Morgan fingerprint density at radius 3 is 2.73 bits per heavy atom. The van der Waals surface area contributed by atoms with Crippen molar-refractivity contribution in [1.29, 1.82) is 0 Å². The Bertz CT molecular complexity index is 990. The van der Waals surface area contributed by atoms with Gasteiger partial charge in [0.25, 0.3) is 0 Å². The summed E-state index contributed by atoms with van der Waals surface area (Å²) in [5.41, 5.74) is 9.55. The maximum atomic E-state index is 12.7. The highest BCUT2D eigenvalue weighted by Gasteiger charge is 2.39. The Hall–Kier alpha value is -3.31. The molecule has 2 aromatic heterocycles. The minimum absolute atomic E-state index is 0.117. The van der Waals surface area contributed by atoms with Gasteiger partial charge in [0.15, 0.2) is 0 Å². The molecule has 10 nitrogen and oxygen atoms in total. The zero-order valence-corrected chi connectivity index (χ0v) is 16.0. The summed E-state index contributed by atoms with van der Waals surface area (Å²) in [6.07, 6.45) is -1.16. The summed E-state index contributed by atoms with van der Waals surface area (Å²) >= 11 is 0. The van der Waals surface area contributed by atoms with E-state index >= 15 is 0 Å². The van der Waals surface area contributed by atoms with Crippen LogP contribution in [0.2, 0.25) is 0 Å². The van der Waals surface area contributed by atoms with Crippen LogP contribution in [0, 0.1) is 12.8 Å². The van der Waals surface area contributed by atoms with Gasteiger partial charge in [0.05, 0.1) is 5.69 Å². The van der Waals surface area contributed by atoms with Crippen molar-refractivity contribution >= 4 is 5.57 Å². The first kappa shape index (κ1) is 21.4. The Labute approximate surface area is 167 Å². The number of hydrogen-bond acceptors (Lipinski definition) is 8. The lowest BCUT2D eigenvalue weighted by atomic mass is 9.93. The summed E-state index contributed by atoms with van der Waals surface area (Å²) in [6.45, 7) is 3.92. The third-order valence-electron chi connectivity index (χ3n) is 4.15. The molecule has 0 N–H and O–H groups in total. The van der Waals surface area contributed by atoms with E-state index in [2.05, 4.69) is 30.0 Å². The van der Waals surface area contributed by atoms with Crippen LogP contribution in [0.5, 0.6) is 0 Å². The average Bonchev–Trinajstić information content (AvgIpc) is 3.33. The topological polar surface area (TPSA) is 132 Å². The molecule has 3 rings (SSSR count). The van der Waals surface area contributed by atoms with E-state index in [9.17, 15) is 13.2 Å². The fraction of sp³-hybridized carbons (Fsp3) is 0.471. The standard InChI is InChI=1S/C17H17F3N6O4/c1-9-6-11(15-22-16(30-24-15)17(18,19)20)8-13(29-26-25-21)14(9)27-5-3-4-12-7-10(2)23-28-12/h6-9,14H,3-5H2,1-2H3. The van der Waals surface area contributed by atoms with Crippen LogP contribution in [-0.2, 0) is 22.2 Å². The zero-order valence-electron chi connectivity index (χ0n) is 16.0. The van der Waals surface area contributed by atoms with E-state index in [-0.39, 0.29) is 23.1 Å². The van der Waals surface area contributed by atoms with Gasteiger partial charge in [0, 0.05) is 35.5 Å². The second kappa shape index (κ2) is 9.01. The molecule has 160 valence electrons. The number of halogens is 3. The van der Waals surface area contributed by atoms with E-state index in [0.29, 0.717) is 19.4 Å². The third-order valence-corrected chi connectivity index (χ3v) is 4.15. The summed E-state index contributed by atoms with van der Waals surface area (Å²) < 4.78 is 53.4. The van der Waals surface area contributed by atoms with Gasteiger partial charge in [-0.3, -0.25) is 0 Å². The lowest BCUT2D eigenvalue weighted by Crippen LogP contribution is -2.27. The SMILES string of the molecule is Cc1cc(CCCOC2C(ON=[N+]=[N-])=CC(c3noc(C(F)(F)F)n3)=CC2C)on1. The highest BCUT2D eigenvalue weighted by atomic mass is 19.4. The van der Waals surface area contributed by atoms with Gasteiger partial charge >= 0.3 is 12.1 Å². The van der Waals surface area contributed by atoms with E-state index < -0.39 is 18.2 Å². The Kier molecular flexibility index (Phi) is 6.43. The van der Waals surface area contributed by atoms with Crippen molar-refractivity contribution < 1.29 is 31.8 Å². The number of rotatable bonds is 8. The molecule has 2 unspecified atom stereocenters. The molecule has 0 aliphatic heterocycles. The predicted octanol–water partition coefficient (Wildman–Crippen LogP) is 4.56. The van der Waals surface area contributed by atoms with Gasteiger partial charge in [0.2, 0.25) is 5.82 Å². The molecule has 0 saturated carbocycles. The maximum absolute atomic E-state index is 12.7. The molecular formula is C17H17F3N6O4. The number of alkyl halides is 3. The average molecular weight is 426 g/mol. The number of aryl methyl sites for hydroxylation is 2. The van der Waals surface area contributed by atoms with Gasteiger partial charge < -0.3 is 18.6 Å². The van der Waals surface area contributed by atoms with Gasteiger partial charge in [-0.2, -0.15) is 18.2 Å². The fourth-order valence-electron chi connectivity index (χ4n) is 2.88. The van der Waals surface area contributed by atoms with Crippen molar-refractivity contribution in [2.75, 3.05) is 6.61 Å². The highest BCUT2D eigenvalue weighted by Crippen LogP contribution is 2.33. The predicted molar refractivity (Wildman–Crippen MR) is 94.1 cm³/mol. The number of ether oxygens (including phenoxy) is 1. The number of aromatic nitrogens is 3. The molecule has 1 aliphatic rings. The maximum Gasteiger partial charge on any atom is 0.471 e. The molecular weight excluding hydrogens is 409 g/mol. The Balaban J connectivity index is 1.69. The van der Waals surface area contributed by atoms with Crippen molar-refractivity contribution in [3.63, 3.8) is 0 Å². The van der Waals surface area contributed by atoms with Crippen molar-refractivity contribution in [2.45, 2.75) is 39.0 Å². The van der Waals surface area contributed by atoms with E-state index in [1.165, 1.54) is 6.08 Å². The number of hydrogen-bond donors (Lipinski definition) is 0. The lowest BCUT2D eigenvalue weighted by Gasteiger charge is -2.27. The summed E-state index contributed by atoms with van der Waals surface area (Å²) in [6, 6.07) is 1.83. The molecule has 0 radical (unpaired) electrons. The first-order valence-corrected chi connectivity index (χ1v) is 8.88. The molecule has 2 heterocycles. The second-order valence-electron chi connectivity index (χ2n) is 6.54. The lowest BCUT2D eigenvalue weighted by molar-refractivity contribution is -0.159. The molecule has 0 fully saturated rings. The summed E-state index contributed by atoms with van der Waals surface area (Å²) in [7, 11) is 0. The van der Waals surface area contributed by atoms with Crippen LogP contribution in [-0.4, -0.2) is 28.0 Å². The number of nitrogens with zero attached hydrogens (tertiary/aromatic N) is 6. The molecule has 2 atom stereocenters. The van der Waals surface area contributed by atoms with E-state index in [0.717, 1.165) is 11.5 Å². The molecule has 2 aromatic rings. The summed E-state index contributed by atoms with van der Waals surface area (Å²) in [5.74, 6) is -1.22. The Morgan fingerprint density at radius 1 is 1.30 bits per heavy atom. The van der Waals surface area contributed by atoms with Gasteiger partial charge in [-0.05, 0) is 25.0 Å². The van der Waals surface area contributed by atoms with Gasteiger partial charge in [-0.1, -0.05) is 23.3 Å². The smallest absolute Gasteiger partial charge is 0.396 e. The second-order valence-corrected chi connectivity index (χ2v) is 6.54. The largest absolute Gasteiger partial charge is 0.471 e. The first-order chi connectivity index (χ1) is 14.3. The van der Waals surface area contributed by atoms with Gasteiger partial charge in [0.1, 0.15) is 22.9 Å². The minimum atomic E-state index is -4.76. The van der Waals surface area contributed by atoms with Crippen molar-refractivity contribution in [2.24, 2.45) is 11.2 Å². The van der Waals surface area contributed by atoms with Gasteiger partial charge in [-0.25, -0.2) is 0 Å². The van der Waals surface area contributed by atoms with Crippen LogP contribution in [0.3, 0.4) is 0 Å². The zero-order chi connectivity index (χ0) is 21.7. The van der Waals surface area contributed by atoms with Crippen molar-refractivity contribution in [1.82, 2.24) is 15.3 Å². The van der Waals surface area contributed by atoms with Crippen LogP contribution in [0.15, 0.2) is 38.3 Å². The first-order valence-electron chi connectivity index (χ1n) is 8.88. The molecule has 30 heavy (non-hydrogen) atoms. The quantitative estimate of drug-likeness (QED) is 0.199. The van der Waals surface area contributed by atoms with E-state index in [1.54, 1.807) is 13.0 Å². The highest BCUT2D eigenvalue weighted by molar-refractivity contribution is 5.71. The molecule has 0 saturated heterocycles.